The lowest BCUT2D eigenvalue weighted by Crippen LogP contribution is -2.14. The molecule has 0 amide bonds. The maximum absolute atomic E-state index is 10.5. The normalized spacial score (nSPS) is 11.8. The summed E-state index contributed by atoms with van der Waals surface area (Å²) in [5.74, 6) is -0.254. The maximum atomic E-state index is 10.5. The van der Waals surface area contributed by atoms with E-state index in [-0.39, 0.29) is 5.75 Å². The topological polar surface area (TPSA) is 73.1 Å². The number of aromatic nitrogens is 1. The van der Waals surface area contributed by atoms with Crippen molar-refractivity contribution in [3.8, 4) is 0 Å². The van der Waals surface area contributed by atoms with Crippen molar-refractivity contribution < 1.29 is 8.42 Å². The molecule has 11 heavy (non-hydrogen) atoms. The molecule has 0 spiro atoms. The number of rotatable bonds is 2. The summed E-state index contributed by atoms with van der Waals surface area (Å²) in [7, 11) is -3.48. The molecule has 1 aromatic rings. The number of primary sulfonamides is 1. The van der Waals surface area contributed by atoms with Crippen molar-refractivity contribution in [2.75, 3.05) is 0 Å². The fraction of sp³-hybridized carbons (Fsp3) is 0.250. The van der Waals surface area contributed by atoms with Crippen LogP contribution in [-0.4, -0.2) is 13.4 Å². The summed E-state index contributed by atoms with van der Waals surface area (Å²) in [4.78, 5) is 3.72. The number of hydrogen-bond donors (Lipinski definition) is 1. The molecule has 0 aliphatic carbocycles. The molecule has 1 aromatic heterocycles. The third-order valence-corrected chi connectivity index (χ3v) is 2.60. The van der Waals surface area contributed by atoms with Crippen molar-refractivity contribution in [1.29, 1.82) is 0 Å². The molecule has 0 radical (unpaired) electrons. The van der Waals surface area contributed by atoms with Gasteiger partial charge in [-0.25, -0.2) is 18.5 Å². The highest BCUT2D eigenvalue weighted by Gasteiger charge is 2.07. The summed E-state index contributed by atoms with van der Waals surface area (Å²) in [6.45, 7) is 0. The summed E-state index contributed by atoms with van der Waals surface area (Å²) in [5, 5.41) is 6.33. The molecule has 2 N–H and O–H groups in total. The van der Waals surface area contributed by atoms with Crippen LogP contribution in [0.3, 0.4) is 0 Å². The Labute approximate surface area is 73.1 Å². The van der Waals surface area contributed by atoms with Crippen LogP contribution in [0.15, 0.2) is 5.38 Å². The molecule has 1 heterocycles. The predicted molar refractivity (Wildman–Crippen MR) is 43.9 cm³/mol. The molecule has 0 unspecified atom stereocenters. The molecule has 4 nitrogen and oxygen atoms in total. The van der Waals surface area contributed by atoms with Crippen molar-refractivity contribution in [3.05, 3.63) is 15.5 Å². The van der Waals surface area contributed by atoms with Gasteiger partial charge >= 0.3 is 0 Å². The zero-order chi connectivity index (χ0) is 8.48. The average Bonchev–Trinajstić information content (AvgIpc) is 2.10. The molecular formula is C4H5ClN2O2S2. The summed E-state index contributed by atoms with van der Waals surface area (Å²) in [6, 6.07) is 0. The Morgan fingerprint density at radius 2 is 2.36 bits per heavy atom. The maximum Gasteiger partial charge on any atom is 0.214 e. The van der Waals surface area contributed by atoms with Crippen LogP contribution in [0.1, 0.15) is 5.69 Å². The molecular weight excluding hydrogens is 208 g/mol. The highest BCUT2D eigenvalue weighted by molar-refractivity contribution is 7.88. The van der Waals surface area contributed by atoms with E-state index in [2.05, 4.69) is 4.98 Å². The van der Waals surface area contributed by atoms with Crippen LogP contribution >= 0.6 is 22.9 Å². The largest absolute Gasteiger partial charge is 0.229 e. The number of nitrogens with zero attached hydrogens (tertiary/aromatic N) is 1. The minimum Gasteiger partial charge on any atom is -0.229 e. The van der Waals surface area contributed by atoms with E-state index in [0.29, 0.717) is 10.2 Å². The summed E-state index contributed by atoms with van der Waals surface area (Å²) in [6.07, 6.45) is 0. The first-order valence-electron chi connectivity index (χ1n) is 2.58. The smallest absolute Gasteiger partial charge is 0.214 e. The van der Waals surface area contributed by atoms with Gasteiger partial charge in [0.2, 0.25) is 10.0 Å². The fourth-order valence-corrected chi connectivity index (χ4v) is 2.00. The Hall–Kier alpha value is -0.170. The van der Waals surface area contributed by atoms with Gasteiger partial charge in [-0.3, -0.25) is 0 Å². The molecule has 0 aromatic carbocycles. The van der Waals surface area contributed by atoms with Crippen molar-refractivity contribution >= 4 is 33.0 Å². The summed E-state index contributed by atoms with van der Waals surface area (Å²) >= 11 is 6.64. The molecule has 1 rings (SSSR count). The van der Waals surface area contributed by atoms with Gasteiger partial charge in [0.1, 0.15) is 5.75 Å². The van der Waals surface area contributed by atoms with Crippen molar-refractivity contribution in [2.24, 2.45) is 5.14 Å². The SMILES string of the molecule is NS(=O)(=O)Cc1csc(Cl)n1. The van der Waals surface area contributed by atoms with Crippen LogP contribution in [0, 0.1) is 0 Å². The van der Waals surface area contributed by atoms with Crippen LogP contribution in [0.2, 0.25) is 4.47 Å². The zero-order valence-electron chi connectivity index (χ0n) is 5.32. The van der Waals surface area contributed by atoms with Crippen LogP contribution in [0.5, 0.6) is 0 Å². The average molecular weight is 213 g/mol. The minimum atomic E-state index is -3.48. The number of thiazole rings is 1. The fourth-order valence-electron chi connectivity index (χ4n) is 0.555. The molecule has 7 heteroatoms. The molecule has 0 saturated carbocycles. The molecule has 62 valence electrons. The van der Waals surface area contributed by atoms with E-state index in [1.807, 2.05) is 0 Å². The van der Waals surface area contributed by atoms with Gasteiger partial charge in [0.05, 0.1) is 5.69 Å². The number of halogens is 1. The van der Waals surface area contributed by atoms with Crippen molar-refractivity contribution in [3.63, 3.8) is 0 Å². The quantitative estimate of drug-likeness (QED) is 0.780. The van der Waals surface area contributed by atoms with Gasteiger partial charge in [0, 0.05) is 5.38 Å². The second-order valence-electron chi connectivity index (χ2n) is 1.90. The number of sulfonamides is 1. The third kappa shape index (κ3) is 3.15. The van der Waals surface area contributed by atoms with E-state index in [0.717, 1.165) is 0 Å². The van der Waals surface area contributed by atoms with E-state index in [4.69, 9.17) is 16.7 Å². The minimum absolute atomic E-state index is 0.254. The Bertz CT molecular complexity index is 345. The van der Waals surface area contributed by atoms with Gasteiger partial charge in [-0.2, -0.15) is 0 Å². The monoisotopic (exact) mass is 212 g/mol. The lowest BCUT2D eigenvalue weighted by molar-refractivity contribution is 0.596. The van der Waals surface area contributed by atoms with Gasteiger partial charge in [-0.05, 0) is 0 Å². The molecule has 0 fully saturated rings. The van der Waals surface area contributed by atoms with Gasteiger partial charge in [0.15, 0.2) is 4.47 Å². The van der Waals surface area contributed by atoms with Crippen LogP contribution < -0.4 is 5.14 Å². The zero-order valence-corrected chi connectivity index (χ0v) is 7.71. The molecule has 0 atom stereocenters. The Balaban J connectivity index is 2.81. The van der Waals surface area contributed by atoms with Crippen molar-refractivity contribution in [1.82, 2.24) is 4.98 Å². The van der Waals surface area contributed by atoms with Crippen LogP contribution in [0.4, 0.5) is 0 Å². The van der Waals surface area contributed by atoms with E-state index < -0.39 is 10.0 Å². The number of nitrogens with two attached hydrogens (primary N) is 1. The van der Waals surface area contributed by atoms with Gasteiger partial charge in [-0.1, -0.05) is 11.6 Å². The first-order valence-corrected chi connectivity index (χ1v) is 5.55. The lowest BCUT2D eigenvalue weighted by atomic mass is 10.6. The number of hydrogen-bond acceptors (Lipinski definition) is 4. The van der Waals surface area contributed by atoms with Gasteiger partial charge in [-0.15, -0.1) is 11.3 Å². The van der Waals surface area contributed by atoms with Gasteiger partial charge < -0.3 is 0 Å². The van der Waals surface area contributed by atoms with Crippen molar-refractivity contribution in [2.45, 2.75) is 5.75 Å². The second kappa shape index (κ2) is 3.06. The molecule has 0 aliphatic rings. The Morgan fingerprint density at radius 1 is 1.73 bits per heavy atom. The molecule has 0 aliphatic heterocycles. The predicted octanol–water partition coefficient (Wildman–Crippen LogP) is 0.585. The third-order valence-electron chi connectivity index (χ3n) is 0.873. The van der Waals surface area contributed by atoms with Crippen LogP contribution in [-0.2, 0) is 15.8 Å². The highest BCUT2D eigenvalue weighted by atomic mass is 35.5. The molecule has 0 bridgehead atoms. The second-order valence-corrected chi connectivity index (χ2v) is 4.95. The summed E-state index contributed by atoms with van der Waals surface area (Å²) < 4.78 is 21.3. The summed E-state index contributed by atoms with van der Waals surface area (Å²) in [5.41, 5.74) is 0.391. The van der Waals surface area contributed by atoms with E-state index in [9.17, 15) is 8.42 Å². The Kier molecular flexibility index (Phi) is 2.48. The Morgan fingerprint density at radius 3 is 2.73 bits per heavy atom. The van der Waals surface area contributed by atoms with Gasteiger partial charge in [0.25, 0.3) is 0 Å². The van der Waals surface area contributed by atoms with E-state index in [1.54, 1.807) is 5.38 Å². The lowest BCUT2D eigenvalue weighted by Gasteiger charge is -1.90. The van der Waals surface area contributed by atoms with E-state index >= 15 is 0 Å². The highest BCUT2D eigenvalue weighted by Crippen LogP contribution is 2.15. The van der Waals surface area contributed by atoms with E-state index in [1.165, 1.54) is 11.3 Å². The first-order chi connectivity index (χ1) is 4.97. The molecule has 0 saturated heterocycles. The standard InChI is InChI=1S/C4H5ClN2O2S2/c5-4-7-3(1-10-4)2-11(6,8)9/h1H,2H2,(H2,6,8,9). The van der Waals surface area contributed by atoms with Crippen LogP contribution in [0.25, 0.3) is 0 Å². The first kappa shape index (κ1) is 8.92.